The van der Waals surface area contributed by atoms with Crippen LogP contribution in [-0.4, -0.2) is 12.0 Å². The van der Waals surface area contributed by atoms with Crippen molar-refractivity contribution >= 4 is 15.9 Å². The van der Waals surface area contributed by atoms with E-state index in [-0.39, 0.29) is 11.9 Å². The van der Waals surface area contributed by atoms with E-state index in [1.54, 1.807) is 24.5 Å². The molecule has 88 valence electrons. The maximum absolute atomic E-state index is 12.9. The zero-order valence-electron chi connectivity index (χ0n) is 9.32. The SMILES string of the molecule is CNC(c1ccc(F)cc1)c1cncc(Br)c1. The molecule has 0 saturated carbocycles. The molecule has 0 aliphatic heterocycles. The number of hydrogen-bond donors (Lipinski definition) is 1. The summed E-state index contributed by atoms with van der Waals surface area (Å²) >= 11 is 3.39. The zero-order chi connectivity index (χ0) is 12.3. The highest BCUT2D eigenvalue weighted by Gasteiger charge is 2.12. The van der Waals surface area contributed by atoms with Gasteiger partial charge in [0.15, 0.2) is 0 Å². The second-order valence-electron chi connectivity index (χ2n) is 3.71. The Kier molecular flexibility index (Phi) is 3.86. The molecule has 1 unspecified atom stereocenters. The quantitative estimate of drug-likeness (QED) is 0.940. The first kappa shape index (κ1) is 12.2. The van der Waals surface area contributed by atoms with Crippen molar-refractivity contribution in [3.05, 3.63) is 64.1 Å². The van der Waals surface area contributed by atoms with Gasteiger partial charge in [-0.2, -0.15) is 0 Å². The van der Waals surface area contributed by atoms with Gasteiger partial charge in [-0.05, 0) is 52.3 Å². The lowest BCUT2D eigenvalue weighted by Gasteiger charge is -2.17. The van der Waals surface area contributed by atoms with E-state index < -0.39 is 0 Å². The Labute approximate surface area is 108 Å². The van der Waals surface area contributed by atoms with Crippen LogP contribution in [0.2, 0.25) is 0 Å². The maximum atomic E-state index is 12.9. The second-order valence-corrected chi connectivity index (χ2v) is 4.63. The van der Waals surface area contributed by atoms with Crippen molar-refractivity contribution < 1.29 is 4.39 Å². The van der Waals surface area contributed by atoms with Gasteiger partial charge >= 0.3 is 0 Å². The Morgan fingerprint density at radius 2 is 1.88 bits per heavy atom. The monoisotopic (exact) mass is 294 g/mol. The predicted octanol–water partition coefficient (Wildman–Crippen LogP) is 3.29. The van der Waals surface area contributed by atoms with Crippen LogP contribution in [-0.2, 0) is 0 Å². The van der Waals surface area contributed by atoms with Crippen molar-refractivity contribution in [1.29, 1.82) is 0 Å². The zero-order valence-corrected chi connectivity index (χ0v) is 10.9. The molecule has 1 aromatic heterocycles. The van der Waals surface area contributed by atoms with Crippen molar-refractivity contribution in [2.24, 2.45) is 0 Å². The van der Waals surface area contributed by atoms with Gasteiger partial charge in [0.2, 0.25) is 0 Å². The van der Waals surface area contributed by atoms with Crippen LogP contribution in [0.25, 0.3) is 0 Å². The minimum atomic E-state index is -0.226. The lowest BCUT2D eigenvalue weighted by molar-refractivity contribution is 0.623. The van der Waals surface area contributed by atoms with Gasteiger partial charge < -0.3 is 5.32 Å². The summed E-state index contributed by atoms with van der Waals surface area (Å²) in [5.41, 5.74) is 2.04. The van der Waals surface area contributed by atoms with Gasteiger partial charge in [-0.3, -0.25) is 4.98 Å². The van der Waals surface area contributed by atoms with Gasteiger partial charge in [0.05, 0.1) is 6.04 Å². The fraction of sp³-hybridized carbons (Fsp3) is 0.154. The van der Waals surface area contributed by atoms with Gasteiger partial charge in [0, 0.05) is 16.9 Å². The summed E-state index contributed by atoms with van der Waals surface area (Å²) in [5, 5.41) is 3.20. The number of nitrogens with zero attached hydrogens (tertiary/aromatic N) is 1. The first-order valence-corrected chi connectivity index (χ1v) is 6.03. The number of halogens is 2. The van der Waals surface area contributed by atoms with Crippen LogP contribution in [0.15, 0.2) is 47.2 Å². The maximum Gasteiger partial charge on any atom is 0.123 e. The Morgan fingerprint density at radius 1 is 1.18 bits per heavy atom. The average molecular weight is 295 g/mol. The molecule has 1 heterocycles. The van der Waals surface area contributed by atoms with E-state index in [0.717, 1.165) is 15.6 Å². The van der Waals surface area contributed by atoms with Crippen LogP contribution in [0.5, 0.6) is 0 Å². The van der Waals surface area contributed by atoms with E-state index in [9.17, 15) is 4.39 Å². The van der Waals surface area contributed by atoms with E-state index in [2.05, 4.69) is 26.2 Å². The molecule has 0 aliphatic rings. The summed E-state index contributed by atoms with van der Waals surface area (Å²) < 4.78 is 13.8. The molecule has 0 aliphatic carbocycles. The fourth-order valence-electron chi connectivity index (χ4n) is 1.77. The number of aromatic nitrogens is 1. The van der Waals surface area contributed by atoms with Gasteiger partial charge in [-0.15, -0.1) is 0 Å². The Hall–Kier alpha value is -1.26. The van der Waals surface area contributed by atoms with Crippen LogP contribution in [0.1, 0.15) is 17.2 Å². The standard InChI is InChI=1S/C13H12BrFN2/c1-16-13(9-2-4-12(15)5-3-9)10-6-11(14)8-17-7-10/h2-8,13,16H,1H3. The summed E-state index contributed by atoms with van der Waals surface area (Å²) in [5.74, 6) is -0.226. The summed E-state index contributed by atoms with van der Waals surface area (Å²) in [6.45, 7) is 0. The molecule has 0 bridgehead atoms. The number of pyridine rings is 1. The Morgan fingerprint density at radius 3 is 2.47 bits per heavy atom. The summed E-state index contributed by atoms with van der Waals surface area (Å²) in [6, 6.07) is 8.49. The van der Waals surface area contributed by atoms with Crippen LogP contribution >= 0.6 is 15.9 Å². The number of rotatable bonds is 3. The summed E-state index contributed by atoms with van der Waals surface area (Å²) in [6.07, 6.45) is 3.54. The Balaban J connectivity index is 2.36. The molecule has 17 heavy (non-hydrogen) atoms. The predicted molar refractivity (Wildman–Crippen MR) is 69.2 cm³/mol. The van der Waals surface area contributed by atoms with Crippen LogP contribution in [0, 0.1) is 5.82 Å². The molecule has 0 radical (unpaired) electrons. The van der Waals surface area contributed by atoms with Crippen molar-refractivity contribution in [2.75, 3.05) is 7.05 Å². The molecule has 0 saturated heterocycles. The molecule has 2 rings (SSSR count). The lowest BCUT2D eigenvalue weighted by Crippen LogP contribution is -2.17. The highest BCUT2D eigenvalue weighted by molar-refractivity contribution is 9.10. The first-order valence-electron chi connectivity index (χ1n) is 5.24. The highest BCUT2D eigenvalue weighted by atomic mass is 79.9. The Bertz CT molecular complexity index is 499. The van der Waals surface area contributed by atoms with E-state index in [1.165, 1.54) is 12.1 Å². The summed E-state index contributed by atoms with van der Waals surface area (Å²) in [4.78, 5) is 4.14. The lowest BCUT2D eigenvalue weighted by atomic mass is 10.0. The van der Waals surface area contributed by atoms with E-state index in [0.29, 0.717) is 0 Å². The van der Waals surface area contributed by atoms with E-state index in [1.807, 2.05) is 13.1 Å². The average Bonchev–Trinajstić information content (AvgIpc) is 2.33. The fourth-order valence-corrected chi connectivity index (χ4v) is 2.15. The van der Waals surface area contributed by atoms with Gasteiger partial charge in [0.1, 0.15) is 5.82 Å². The van der Waals surface area contributed by atoms with Gasteiger partial charge in [-0.25, -0.2) is 4.39 Å². The van der Waals surface area contributed by atoms with Crippen LogP contribution < -0.4 is 5.32 Å². The third-order valence-corrected chi connectivity index (χ3v) is 2.99. The molecule has 0 spiro atoms. The second kappa shape index (κ2) is 5.38. The van der Waals surface area contributed by atoms with Crippen molar-refractivity contribution in [2.45, 2.75) is 6.04 Å². The molecular weight excluding hydrogens is 283 g/mol. The molecule has 2 aromatic rings. The molecule has 2 nitrogen and oxygen atoms in total. The highest BCUT2D eigenvalue weighted by Crippen LogP contribution is 2.23. The summed E-state index contributed by atoms with van der Waals surface area (Å²) in [7, 11) is 1.87. The van der Waals surface area contributed by atoms with Crippen LogP contribution in [0.3, 0.4) is 0 Å². The number of benzene rings is 1. The third kappa shape index (κ3) is 2.90. The van der Waals surface area contributed by atoms with Crippen LogP contribution in [0.4, 0.5) is 4.39 Å². The van der Waals surface area contributed by atoms with Crippen molar-refractivity contribution in [3.8, 4) is 0 Å². The molecule has 4 heteroatoms. The van der Waals surface area contributed by atoms with Crippen molar-refractivity contribution in [3.63, 3.8) is 0 Å². The largest absolute Gasteiger partial charge is 0.309 e. The molecule has 1 N–H and O–H groups in total. The van der Waals surface area contributed by atoms with Gasteiger partial charge in [0.25, 0.3) is 0 Å². The first-order chi connectivity index (χ1) is 8.20. The minimum absolute atomic E-state index is 0.0144. The van der Waals surface area contributed by atoms with Crippen molar-refractivity contribution in [1.82, 2.24) is 10.3 Å². The van der Waals surface area contributed by atoms with E-state index >= 15 is 0 Å². The molecule has 0 fully saturated rings. The topological polar surface area (TPSA) is 24.9 Å². The number of nitrogens with one attached hydrogen (secondary N) is 1. The molecule has 0 amide bonds. The minimum Gasteiger partial charge on any atom is -0.309 e. The molecule has 1 aromatic carbocycles. The molecule has 1 atom stereocenters. The third-order valence-electron chi connectivity index (χ3n) is 2.55. The van der Waals surface area contributed by atoms with Gasteiger partial charge in [-0.1, -0.05) is 12.1 Å². The smallest absolute Gasteiger partial charge is 0.123 e. The normalized spacial score (nSPS) is 12.4. The van der Waals surface area contributed by atoms with E-state index in [4.69, 9.17) is 0 Å². The molecular formula is C13H12BrFN2. The number of hydrogen-bond acceptors (Lipinski definition) is 2.